The molecule has 0 fully saturated rings. The number of hydrogen-bond donors (Lipinski definition) is 1. The van der Waals surface area contributed by atoms with Crippen molar-refractivity contribution in [1.82, 2.24) is 4.57 Å². The van der Waals surface area contributed by atoms with E-state index in [0.717, 1.165) is 21.4 Å². The van der Waals surface area contributed by atoms with Gasteiger partial charge >= 0.3 is 5.97 Å². The third kappa shape index (κ3) is 2.41. The van der Waals surface area contributed by atoms with Crippen LogP contribution < -0.4 is 5.56 Å². The first-order valence-electron chi connectivity index (χ1n) is 5.44. The second-order valence-corrected chi connectivity index (χ2v) is 5.13. The van der Waals surface area contributed by atoms with E-state index in [9.17, 15) is 9.59 Å². The van der Waals surface area contributed by atoms with Crippen LogP contribution in [0.5, 0.6) is 0 Å². The monoisotopic (exact) mass is 263 g/mol. The number of carboxylic acids is 1. The molecule has 0 aliphatic rings. The molecule has 1 heterocycles. The van der Waals surface area contributed by atoms with Gasteiger partial charge in [0.25, 0.3) is 5.56 Å². The van der Waals surface area contributed by atoms with Gasteiger partial charge in [0, 0.05) is 23.4 Å². The summed E-state index contributed by atoms with van der Waals surface area (Å²) in [6.45, 7) is 1.97. The maximum absolute atomic E-state index is 11.8. The van der Waals surface area contributed by atoms with Crippen molar-refractivity contribution < 1.29 is 9.90 Å². The van der Waals surface area contributed by atoms with Crippen molar-refractivity contribution in [1.29, 1.82) is 0 Å². The summed E-state index contributed by atoms with van der Waals surface area (Å²) in [5.74, 6) is -0.933. The molecule has 0 aliphatic heterocycles. The van der Waals surface area contributed by atoms with Gasteiger partial charge in [0.15, 0.2) is 0 Å². The van der Waals surface area contributed by atoms with E-state index in [1.807, 2.05) is 25.1 Å². The van der Waals surface area contributed by atoms with Gasteiger partial charge in [0.05, 0.1) is 11.3 Å². The van der Waals surface area contributed by atoms with Crippen LogP contribution in [0.4, 0.5) is 0 Å². The second-order valence-electron chi connectivity index (χ2n) is 4.11. The molecule has 5 heteroatoms. The van der Waals surface area contributed by atoms with Crippen molar-refractivity contribution in [3.8, 4) is 0 Å². The number of carbonyl (C=O) groups is 1. The van der Waals surface area contributed by atoms with Crippen molar-refractivity contribution in [3.05, 3.63) is 40.2 Å². The van der Waals surface area contributed by atoms with Crippen LogP contribution in [0.3, 0.4) is 0 Å². The van der Waals surface area contributed by atoms with E-state index in [4.69, 9.17) is 5.11 Å². The number of hydrogen-bond acceptors (Lipinski definition) is 3. The molecular weight excluding hydrogens is 250 g/mol. The Morgan fingerprint density at radius 2 is 2.11 bits per heavy atom. The molecule has 0 bridgehead atoms. The van der Waals surface area contributed by atoms with E-state index < -0.39 is 5.97 Å². The Morgan fingerprint density at radius 1 is 1.39 bits per heavy atom. The molecule has 0 atom stereocenters. The molecule has 0 spiro atoms. The number of rotatable bonds is 3. The Hall–Kier alpha value is -1.75. The zero-order chi connectivity index (χ0) is 13.3. The first-order valence-corrected chi connectivity index (χ1v) is 6.42. The summed E-state index contributed by atoms with van der Waals surface area (Å²) in [4.78, 5) is 23.1. The highest BCUT2D eigenvalue weighted by Gasteiger charge is 2.09. The van der Waals surface area contributed by atoms with Gasteiger partial charge in [-0.15, -0.1) is 11.8 Å². The summed E-state index contributed by atoms with van der Waals surface area (Å²) in [6, 6.07) is 7.29. The molecule has 0 amide bonds. The summed E-state index contributed by atoms with van der Waals surface area (Å²) in [7, 11) is 1.71. The van der Waals surface area contributed by atoms with Crippen LogP contribution in [-0.2, 0) is 11.8 Å². The molecule has 0 radical (unpaired) electrons. The molecular formula is C13H13NO3S. The standard InChI is InChI=1S/C13H13NO3S/c1-8-3-4-10-9(5-8)11(18-7-13(16)17)6-12(15)14(10)2/h3-6H,7H2,1-2H3,(H,16,17). The Kier molecular flexibility index (Phi) is 3.43. The summed E-state index contributed by atoms with van der Waals surface area (Å²) < 4.78 is 1.57. The Bertz CT molecular complexity index is 676. The van der Waals surface area contributed by atoms with Crippen LogP contribution in [0.15, 0.2) is 34.0 Å². The van der Waals surface area contributed by atoms with E-state index in [1.54, 1.807) is 11.6 Å². The predicted molar refractivity (Wildman–Crippen MR) is 72.3 cm³/mol. The molecule has 18 heavy (non-hydrogen) atoms. The largest absolute Gasteiger partial charge is 0.481 e. The highest BCUT2D eigenvalue weighted by molar-refractivity contribution is 8.00. The van der Waals surface area contributed by atoms with Crippen LogP contribution in [0.25, 0.3) is 10.9 Å². The normalized spacial score (nSPS) is 10.8. The number of aromatic nitrogens is 1. The van der Waals surface area contributed by atoms with Crippen LogP contribution in [-0.4, -0.2) is 21.4 Å². The maximum Gasteiger partial charge on any atom is 0.313 e. The van der Waals surface area contributed by atoms with Gasteiger partial charge in [0.2, 0.25) is 0 Å². The average Bonchev–Trinajstić information content (AvgIpc) is 2.31. The molecule has 2 aromatic rings. The number of benzene rings is 1. The quantitative estimate of drug-likeness (QED) is 0.861. The Morgan fingerprint density at radius 3 is 2.78 bits per heavy atom. The molecule has 1 N–H and O–H groups in total. The van der Waals surface area contributed by atoms with Crippen molar-refractivity contribution in [2.24, 2.45) is 7.05 Å². The fraction of sp³-hybridized carbons (Fsp3) is 0.231. The number of thioether (sulfide) groups is 1. The molecule has 0 saturated carbocycles. The topological polar surface area (TPSA) is 59.3 Å². The average molecular weight is 263 g/mol. The molecule has 0 unspecified atom stereocenters. The summed E-state index contributed by atoms with van der Waals surface area (Å²) in [6.07, 6.45) is 0. The van der Waals surface area contributed by atoms with Crippen LogP contribution in [0.2, 0.25) is 0 Å². The van der Waals surface area contributed by atoms with Crippen molar-refractivity contribution in [2.75, 3.05) is 5.75 Å². The van der Waals surface area contributed by atoms with E-state index in [1.165, 1.54) is 17.8 Å². The number of carboxylic acid groups (broad SMARTS) is 1. The highest BCUT2D eigenvalue weighted by atomic mass is 32.2. The third-order valence-electron chi connectivity index (χ3n) is 2.72. The lowest BCUT2D eigenvalue weighted by molar-refractivity contribution is -0.133. The number of aryl methyl sites for hydroxylation is 2. The van der Waals surface area contributed by atoms with Gasteiger partial charge in [-0.25, -0.2) is 0 Å². The third-order valence-corrected chi connectivity index (χ3v) is 3.76. The van der Waals surface area contributed by atoms with Crippen LogP contribution >= 0.6 is 11.8 Å². The molecule has 2 rings (SSSR count). The minimum absolute atomic E-state index is 0.0454. The van der Waals surface area contributed by atoms with E-state index in [0.29, 0.717) is 0 Å². The van der Waals surface area contributed by atoms with Crippen LogP contribution in [0, 0.1) is 6.92 Å². The molecule has 94 valence electrons. The minimum atomic E-state index is -0.888. The van der Waals surface area contributed by atoms with E-state index >= 15 is 0 Å². The molecule has 1 aromatic heterocycles. The lowest BCUT2D eigenvalue weighted by atomic mass is 10.1. The minimum Gasteiger partial charge on any atom is -0.481 e. The number of nitrogens with zero attached hydrogens (tertiary/aromatic N) is 1. The predicted octanol–water partition coefficient (Wildman–Crippen LogP) is 2.02. The second kappa shape index (κ2) is 4.86. The van der Waals surface area contributed by atoms with Crippen molar-refractivity contribution >= 4 is 28.6 Å². The number of fused-ring (bicyclic) bond motifs is 1. The summed E-state index contributed by atoms with van der Waals surface area (Å²) in [5, 5.41) is 9.64. The van der Waals surface area contributed by atoms with E-state index in [2.05, 4.69) is 0 Å². The molecule has 0 saturated heterocycles. The zero-order valence-corrected chi connectivity index (χ0v) is 11.0. The summed E-state index contributed by atoms with van der Waals surface area (Å²) in [5.41, 5.74) is 1.78. The molecule has 1 aromatic carbocycles. The Labute approximate surface area is 108 Å². The first-order chi connectivity index (χ1) is 8.49. The Balaban J connectivity index is 2.64. The molecule has 0 aliphatic carbocycles. The fourth-order valence-corrected chi connectivity index (χ4v) is 2.59. The van der Waals surface area contributed by atoms with Crippen molar-refractivity contribution in [3.63, 3.8) is 0 Å². The smallest absolute Gasteiger partial charge is 0.313 e. The van der Waals surface area contributed by atoms with E-state index in [-0.39, 0.29) is 11.3 Å². The number of pyridine rings is 1. The van der Waals surface area contributed by atoms with Gasteiger partial charge in [0.1, 0.15) is 0 Å². The highest BCUT2D eigenvalue weighted by Crippen LogP contribution is 2.26. The zero-order valence-electron chi connectivity index (χ0n) is 10.1. The van der Waals surface area contributed by atoms with Gasteiger partial charge in [-0.05, 0) is 19.1 Å². The number of aliphatic carboxylic acids is 1. The summed E-state index contributed by atoms with van der Waals surface area (Å²) >= 11 is 1.18. The van der Waals surface area contributed by atoms with Gasteiger partial charge in [-0.1, -0.05) is 11.6 Å². The van der Waals surface area contributed by atoms with Crippen LogP contribution in [0.1, 0.15) is 5.56 Å². The fourth-order valence-electron chi connectivity index (χ4n) is 1.80. The first kappa shape index (κ1) is 12.7. The lowest BCUT2D eigenvalue weighted by Crippen LogP contribution is -2.16. The van der Waals surface area contributed by atoms with Gasteiger partial charge in [-0.2, -0.15) is 0 Å². The molecule has 4 nitrogen and oxygen atoms in total. The van der Waals surface area contributed by atoms with Gasteiger partial charge in [-0.3, -0.25) is 9.59 Å². The maximum atomic E-state index is 11.8. The lowest BCUT2D eigenvalue weighted by Gasteiger charge is -2.09. The van der Waals surface area contributed by atoms with Crippen molar-refractivity contribution in [2.45, 2.75) is 11.8 Å². The SMILES string of the molecule is Cc1ccc2c(c1)c(SCC(=O)O)cc(=O)n2C. The van der Waals surface area contributed by atoms with Gasteiger partial charge < -0.3 is 9.67 Å².